The van der Waals surface area contributed by atoms with Gasteiger partial charge in [0.2, 0.25) is 0 Å². The topological polar surface area (TPSA) is 30.5 Å². The Balaban J connectivity index is 1.66. The molecule has 1 atom stereocenters. The molecule has 2 rings (SSSR count). The highest BCUT2D eigenvalue weighted by Crippen LogP contribution is 2.17. The normalized spacial score (nSPS) is 24.5. The Morgan fingerprint density at radius 3 is 2.88 bits per heavy atom. The van der Waals surface area contributed by atoms with E-state index in [1.807, 2.05) is 30.3 Å². The van der Waals surface area contributed by atoms with Gasteiger partial charge >= 0.3 is 0 Å². The van der Waals surface area contributed by atoms with E-state index in [0.717, 1.165) is 31.9 Å². The van der Waals surface area contributed by atoms with E-state index in [4.69, 9.17) is 9.47 Å². The van der Waals surface area contributed by atoms with E-state index in [-0.39, 0.29) is 5.54 Å². The average molecular weight is 235 g/mol. The molecule has 17 heavy (non-hydrogen) atoms. The SMILES string of the molecule is CC1(NCCOc2ccccc2)CCCOC1. The molecule has 0 aromatic heterocycles. The number of ether oxygens (including phenoxy) is 2. The van der Waals surface area contributed by atoms with E-state index in [1.54, 1.807) is 0 Å². The first kappa shape index (κ1) is 12.4. The van der Waals surface area contributed by atoms with Gasteiger partial charge in [-0.25, -0.2) is 0 Å². The molecular formula is C14H21NO2. The lowest BCUT2D eigenvalue weighted by Gasteiger charge is -2.34. The minimum atomic E-state index is 0.123. The summed E-state index contributed by atoms with van der Waals surface area (Å²) in [6.07, 6.45) is 2.32. The van der Waals surface area contributed by atoms with Gasteiger partial charge < -0.3 is 14.8 Å². The summed E-state index contributed by atoms with van der Waals surface area (Å²) in [5, 5.41) is 3.52. The van der Waals surface area contributed by atoms with Crippen LogP contribution in [0.4, 0.5) is 0 Å². The largest absolute Gasteiger partial charge is 0.492 e. The van der Waals surface area contributed by atoms with Crippen molar-refractivity contribution in [3.8, 4) is 5.75 Å². The molecule has 0 amide bonds. The van der Waals surface area contributed by atoms with Crippen molar-refractivity contribution in [3.05, 3.63) is 30.3 Å². The van der Waals surface area contributed by atoms with Crippen molar-refractivity contribution >= 4 is 0 Å². The summed E-state index contributed by atoms with van der Waals surface area (Å²) in [7, 11) is 0. The highest BCUT2D eigenvalue weighted by molar-refractivity contribution is 5.20. The second-order valence-electron chi connectivity index (χ2n) is 4.81. The fourth-order valence-corrected chi connectivity index (χ4v) is 2.11. The average Bonchev–Trinajstić information content (AvgIpc) is 2.37. The lowest BCUT2D eigenvalue weighted by atomic mass is 9.95. The summed E-state index contributed by atoms with van der Waals surface area (Å²) in [4.78, 5) is 0. The predicted molar refractivity (Wildman–Crippen MR) is 68.4 cm³/mol. The zero-order valence-electron chi connectivity index (χ0n) is 10.4. The van der Waals surface area contributed by atoms with Crippen LogP contribution in [0, 0.1) is 0 Å². The van der Waals surface area contributed by atoms with E-state index >= 15 is 0 Å². The minimum Gasteiger partial charge on any atom is -0.492 e. The zero-order valence-corrected chi connectivity index (χ0v) is 10.4. The fraction of sp³-hybridized carbons (Fsp3) is 0.571. The van der Waals surface area contributed by atoms with Crippen molar-refractivity contribution in [1.29, 1.82) is 0 Å². The molecule has 0 saturated carbocycles. The Morgan fingerprint density at radius 2 is 2.18 bits per heavy atom. The van der Waals surface area contributed by atoms with Crippen LogP contribution in [-0.2, 0) is 4.74 Å². The van der Waals surface area contributed by atoms with Crippen molar-refractivity contribution in [1.82, 2.24) is 5.32 Å². The maximum absolute atomic E-state index is 5.64. The van der Waals surface area contributed by atoms with E-state index < -0.39 is 0 Å². The third-order valence-electron chi connectivity index (χ3n) is 3.10. The van der Waals surface area contributed by atoms with Crippen LogP contribution in [0.1, 0.15) is 19.8 Å². The summed E-state index contributed by atoms with van der Waals surface area (Å²) in [5.74, 6) is 0.930. The molecule has 3 heteroatoms. The molecule has 0 radical (unpaired) electrons. The van der Waals surface area contributed by atoms with Crippen molar-refractivity contribution in [2.75, 3.05) is 26.4 Å². The molecule has 1 fully saturated rings. The van der Waals surface area contributed by atoms with Crippen molar-refractivity contribution < 1.29 is 9.47 Å². The van der Waals surface area contributed by atoms with Gasteiger partial charge in [0.05, 0.1) is 6.61 Å². The molecule has 1 aromatic carbocycles. The molecule has 0 spiro atoms. The monoisotopic (exact) mass is 235 g/mol. The minimum absolute atomic E-state index is 0.123. The van der Waals surface area contributed by atoms with Crippen LogP contribution >= 0.6 is 0 Å². The Kier molecular flexibility index (Phi) is 4.40. The number of hydrogen-bond acceptors (Lipinski definition) is 3. The van der Waals surface area contributed by atoms with E-state index in [9.17, 15) is 0 Å². The van der Waals surface area contributed by atoms with E-state index in [1.165, 1.54) is 6.42 Å². The smallest absolute Gasteiger partial charge is 0.119 e. The molecule has 1 aliphatic rings. The fourth-order valence-electron chi connectivity index (χ4n) is 2.11. The quantitative estimate of drug-likeness (QED) is 0.794. The maximum atomic E-state index is 5.64. The van der Waals surface area contributed by atoms with Crippen LogP contribution in [0.25, 0.3) is 0 Å². The first-order valence-corrected chi connectivity index (χ1v) is 6.29. The molecule has 1 unspecified atom stereocenters. The van der Waals surface area contributed by atoms with Gasteiger partial charge in [-0.05, 0) is 31.9 Å². The Bertz CT molecular complexity index is 320. The van der Waals surface area contributed by atoms with Crippen LogP contribution in [0.15, 0.2) is 30.3 Å². The third kappa shape index (κ3) is 4.02. The van der Waals surface area contributed by atoms with Crippen LogP contribution < -0.4 is 10.1 Å². The van der Waals surface area contributed by atoms with Crippen molar-refractivity contribution in [3.63, 3.8) is 0 Å². The number of hydrogen-bond donors (Lipinski definition) is 1. The first-order valence-electron chi connectivity index (χ1n) is 6.29. The molecule has 1 N–H and O–H groups in total. The summed E-state index contributed by atoms with van der Waals surface area (Å²) in [6, 6.07) is 9.92. The molecule has 1 heterocycles. The molecular weight excluding hydrogens is 214 g/mol. The number of rotatable bonds is 5. The summed E-state index contributed by atoms with van der Waals surface area (Å²) in [6.45, 7) is 5.47. The summed E-state index contributed by atoms with van der Waals surface area (Å²) < 4.78 is 11.1. The van der Waals surface area contributed by atoms with Gasteiger partial charge in [-0.3, -0.25) is 0 Å². The van der Waals surface area contributed by atoms with Crippen LogP contribution in [-0.4, -0.2) is 31.9 Å². The zero-order chi connectivity index (χ0) is 12.0. The maximum Gasteiger partial charge on any atom is 0.119 e. The molecule has 94 valence electrons. The standard InChI is InChI=1S/C14H21NO2/c1-14(8-5-10-16-12-14)15-9-11-17-13-6-3-2-4-7-13/h2-4,6-7,15H,5,8-12H2,1H3. The molecule has 0 bridgehead atoms. The molecule has 1 saturated heterocycles. The predicted octanol–water partition coefficient (Wildman–Crippen LogP) is 2.22. The van der Waals surface area contributed by atoms with Gasteiger partial charge in [-0.15, -0.1) is 0 Å². The molecule has 0 aliphatic carbocycles. The van der Waals surface area contributed by atoms with Crippen LogP contribution in [0.3, 0.4) is 0 Å². The van der Waals surface area contributed by atoms with Gasteiger partial charge in [0.15, 0.2) is 0 Å². The van der Waals surface area contributed by atoms with Crippen molar-refractivity contribution in [2.45, 2.75) is 25.3 Å². The number of para-hydroxylation sites is 1. The van der Waals surface area contributed by atoms with Crippen LogP contribution in [0.5, 0.6) is 5.75 Å². The van der Waals surface area contributed by atoms with Crippen molar-refractivity contribution in [2.24, 2.45) is 0 Å². The van der Waals surface area contributed by atoms with Crippen LogP contribution in [0.2, 0.25) is 0 Å². The Morgan fingerprint density at radius 1 is 1.35 bits per heavy atom. The summed E-state index contributed by atoms with van der Waals surface area (Å²) in [5.41, 5.74) is 0.123. The van der Waals surface area contributed by atoms with Gasteiger partial charge in [0.25, 0.3) is 0 Å². The molecule has 1 aliphatic heterocycles. The van der Waals surface area contributed by atoms with E-state index in [2.05, 4.69) is 12.2 Å². The highest BCUT2D eigenvalue weighted by Gasteiger charge is 2.26. The van der Waals surface area contributed by atoms with Gasteiger partial charge in [-0.2, -0.15) is 0 Å². The lowest BCUT2D eigenvalue weighted by molar-refractivity contribution is 0.0273. The summed E-state index contributed by atoms with van der Waals surface area (Å²) >= 11 is 0. The molecule has 1 aromatic rings. The second-order valence-corrected chi connectivity index (χ2v) is 4.81. The Labute approximate surface area is 103 Å². The third-order valence-corrected chi connectivity index (χ3v) is 3.10. The second kappa shape index (κ2) is 6.03. The highest BCUT2D eigenvalue weighted by atomic mass is 16.5. The van der Waals surface area contributed by atoms with Gasteiger partial charge in [0.1, 0.15) is 12.4 Å². The lowest BCUT2D eigenvalue weighted by Crippen LogP contribution is -2.50. The van der Waals surface area contributed by atoms with Gasteiger partial charge in [0, 0.05) is 18.7 Å². The Hall–Kier alpha value is -1.06. The number of nitrogens with one attached hydrogen (secondary N) is 1. The first-order chi connectivity index (χ1) is 8.29. The van der Waals surface area contributed by atoms with E-state index in [0.29, 0.717) is 6.61 Å². The number of benzene rings is 1. The molecule has 3 nitrogen and oxygen atoms in total. The van der Waals surface area contributed by atoms with Gasteiger partial charge in [-0.1, -0.05) is 18.2 Å².